The van der Waals surface area contributed by atoms with Crippen LogP contribution in [0.4, 0.5) is 0 Å². The molecule has 0 saturated carbocycles. The van der Waals surface area contributed by atoms with Crippen LogP contribution in [0, 0.1) is 0 Å². The Balaban J connectivity index is 1.91. The number of carbonyl (C=O) groups excluding carboxylic acids is 1. The predicted octanol–water partition coefficient (Wildman–Crippen LogP) is 1.56. The minimum atomic E-state index is -0.127. The SMILES string of the molecule is CN1CCCC1CNC(=O)c1ccncc1Cl. The molecule has 1 aliphatic rings. The molecule has 5 heteroatoms. The number of likely N-dealkylation sites (N-methyl/N-ethyl adjacent to an activating group) is 1. The van der Waals surface area contributed by atoms with Crippen LogP contribution in [-0.2, 0) is 0 Å². The van der Waals surface area contributed by atoms with Gasteiger partial charge in [0, 0.05) is 25.0 Å². The summed E-state index contributed by atoms with van der Waals surface area (Å²) in [6, 6.07) is 2.08. The highest BCUT2D eigenvalue weighted by atomic mass is 35.5. The van der Waals surface area contributed by atoms with E-state index in [4.69, 9.17) is 11.6 Å². The van der Waals surface area contributed by atoms with Crippen molar-refractivity contribution in [1.82, 2.24) is 15.2 Å². The second-order valence-corrected chi connectivity index (χ2v) is 4.75. The Labute approximate surface area is 106 Å². The standard InChI is InChI=1S/C12H16ClN3O/c1-16-6-2-3-9(16)7-15-12(17)10-4-5-14-8-11(10)13/h4-5,8-9H,2-3,6-7H2,1H3,(H,15,17). The molecule has 1 saturated heterocycles. The molecular weight excluding hydrogens is 238 g/mol. The Morgan fingerprint density at radius 1 is 1.71 bits per heavy atom. The number of nitrogens with zero attached hydrogens (tertiary/aromatic N) is 2. The highest BCUT2D eigenvalue weighted by Crippen LogP contribution is 2.15. The van der Waals surface area contributed by atoms with Gasteiger partial charge in [-0.3, -0.25) is 9.78 Å². The average molecular weight is 254 g/mol. The fourth-order valence-corrected chi connectivity index (χ4v) is 2.31. The van der Waals surface area contributed by atoms with Crippen molar-refractivity contribution in [3.8, 4) is 0 Å². The van der Waals surface area contributed by atoms with Crippen LogP contribution >= 0.6 is 11.6 Å². The number of rotatable bonds is 3. The fraction of sp³-hybridized carbons (Fsp3) is 0.500. The molecule has 1 aromatic rings. The van der Waals surface area contributed by atoms with E-state index in [0.29, 0.717) is 23.2 Å². The molecule has 0 aliphatic carbocycles. The third kappa shape index (κ3) is 2.96. The van der Waals surface area contributed by atoms with Gasteiger partial charge in [-0.05, 0) is 32.5 Å². The molecule has 1 N–H and O–H groups in total. The van der Waals surface area contributed by atoms with Crippen LogP contribution in [0.3, 0.4) is 0 Å². The summed E-state index contributed by atoms with van der Waals surface area (Å²) in [6.45, 7) is 1.78. The van der Waals surface area contributed by atoms with E-state index in [1.807, 2.05) is 0 Å². The highest BCUT2D eigenvalue weighted by molar-refractivity contribution is 6.33. The number of hydrogen-bond acceptors (Lipinski definition) is 3. The smallest absolute Gasteiger partial charge is 0.252 e. The lowest BCUT2D eigenvalue weighted by Crippen LogP contribution is -2.38. The van der Waals surface area contributed by atoms with E-state index in [1.165, 1.54) is 12.6 Å². The summed E-state index contributed by atoms with van der Waals surface area (Å²) in [6.07, 6.45) is 5.40. The van der Waals surface area contributed by atoms with Crippen molar-refractivity contribution < 1.29 is 4.79 Å². The molecule has 1 amide bonds. The van der Waals surface area contributed by atoms with Gasteiger partial charge >= 0.3 is 0 Å². The van der Waals surface area contributed by atoms with Gasteiger partial charge in [-0.1, -0.05) is 11.6 Å². The molecule has 4 nitrogen and oxygen atoms in total. The molecule has 0 spiro atoms. The third-order valence-electron chi connectivity index (χ3n) is 3.19. The van der Waals surface area contributed by atoms with E-state index >= 15 is 0 Å². The number of aromatic nitrogens is 1. The largest absolute Gasteiger partial charge is 0.350 e. The van der Waals surface area contributed by atoms with Crippen LogP contribution in [0.15, 0.2) is 18.5 Å². The molecule has 1 aliphatic heterocycles. The van der Waals surface area contributed by atoms with Crippen LogP contribution in [0.2, 0.25) is 5.02 Å². The number of likely N-dealkylation sites (tertiary alicyclic amines) is 1. The number of halogens is 1. The van der Waals surface area contributed by atoms with Crippen molar-refractivity contribution in [1.29, 1.82) is 0 Å². The maximum Gasteiger partial charge on any atom is 0.252 e. The number of amides is 1. The van der Waals surface area contributed by atoms with E-state index in [-0.39, 0.29) is 5.91 Å². The lowest BCUT2D eigenvalue weighted by molar-refractivity contribution is 0.0943. The summed E-state index contributed by atoms with van der Waals surface area (Å²) >= 11 is 5.91. The van der Waals surface area contributed by atoms with Crippen LogP contribution in [0.25, 0.3) is 0 Å². The van der Waals surface area contributed by atoms with Gasteiger partial charge < -0.3 is 10.2 Å². The molecule has 2 heterocycles. The first-order valence-corrected chi connectivity index (χ1v) is 6.14. The Kier molecular flexibility index (Phi) is 3.97. The minimum absolute atomic E-state index is 0.127. The van der Waals surface area contributed by atoms with Crippen LogP contribution < -0.4 is 5.32 Å². The summed E-state index contributed by atoms with van der Waals surface area (Å²) in [5, 5.41) is 3.31. The van der Waals surface area contributed by atoms with Gasteiger partial charge in [0.2, 0.25) is 0 Å². The normalized spacial score (nSPS) is 20.5. The van der Waals surface area contributed by atoms with Crippen molar-refractivity contribution in [3.63, 3.8) is 0 Å². The summed E-state index contributed by atoms with van der Waals surface area (Å²) in [7, 11) is 2.09. The van der Waals surface area contributed by atoms with Gasteiger partial charge in [-0.25, -0.2) is 0 Å². The molecule has 0 bridgehead atoms. The maximum atomic E-state index is 11.9. The Morgan fingerprint density at radius 2 is 2.53 bits per heavy atom. The van der Waals surface area contributed by atoms with Gasteiger partial charge in [0.1, 0.15) is 0 Å². The monoisotopic (exact) mass is 253 g/mol. The third-order valence-corrected chi connectivity index (χ3v) is 3.49. The van der Waals surface area contributed by atoms with Gasteiger partial charge in [-0.2, -0.15) is 0 Å². The number of carbonyl (C=O) groups is 1. The van der Waals surface area contributed by atoms with Crippen molar-refractivity contribution in [2.75, 3.05) is 20.1 Å². The number of nitrogens with one attached hydrogen (secondary N) is 1. The summed E-state index contributed by atoms with van der Waals surface area (Å²) in [5.74, 6) is -0.127. The van der Waals surface area contributed by atoms with Crippen LogP contribution in [0.1, 0.15) is 23.2 Å². The maximum absolute atomic E-state index is 11.9. The van der Waals surface area contributed by atoms with E-state index in [9.17, 15) is 4.79 Å². The second kappa shape index (κ2) is 5.47. The molecule has 1 fully saturated rings. The molecule has 1 aromatic heterocycles. The molecule has 17 heavy (non-hydrogen) atoms. The van der Waals surface area contributed by atoms with Crippen molar-refractivity contribution in [3.05, 3.63) is 29.0 Å². The number of hydrogen-bond donors (Lipinski definition) is 1. The van der Waals surface area contributed by atoms with E-state index in [0.717, 1.165) is 13.0 Å². The summed E-state index contributed by atoms with van der Waals surface area (Å²) in [5.41, 5.74) is 0.488. The van der Waals surface area contributed by atoms with E-state index < -0.39 is 0 Å². The second-order valence-electron chi connectivity index (χ2n) is 4.34. The van der Waals surface area contributed by atoms with Crippen LogP contribution in [-0.4, -0.2) is 42.0 Å². The molecular formula is C12H16ClN3O. The van der Waals surface area contributed by atoms with Crippen molar-refractivity contribution >= 4 is 17.5 Å². The Morgan fingerprint density at radius 3 is 3.18 bits per heavy atom. The zero-order chi connectivity index (χ0) is 12.3. The molecule has 0 aromatic carbocycles. The van der Waals surface area contributed by atoms with Gasteiger partial charge in [0.25, 0.3) is 5.91 Å². The first kappa shape index (κ1) is 12.3. The molecule has 0 radical (unpaired) electrons. The summed E-state index contributed by atoms with van der Waals surface area (Å²) < 4.78 is 0. The zero-order valence-corrected chi connectivity index (χ0v) is 10.6. The summed E-state index contributed by atoms with van der Waals surface area (Å²) in [4.78, 5) is 18.0. The molecule has 1 unspecified atom stereocenters. The Bertz CT molecular complexity index is 410. The highest BCUT2D eigenvalue weighted by Gasteiger charge is 2.21. The predicted molar refractivity (Wildman–Crippen MR) is 67.2 cm³/mol. The van der Waals surface area contributed by atoms with E-state index in [2.05, 4.69) is 22.2 Å². The average Bonchev–Trinajstić information content (AvgIpc) is 2.72. The number of pyridine rings is 1. The topological polar surface area (TPSA) is 45.2 Å². The van der Waals surface area contributed by atoms with Crippen molar-refractivity contribution in [2.45, 2.75) is 18.9 Å². The first-order valence-electron chi connectivity index (χ1n) is 5.76. The molecule has 2 rings (SSSR count). The quantitative estimate of drug-likeness (QED) is 0.889. The van der Waals surface area contributed by atoms with E-state index in [1.54, 1.807) is 12.3 Å². The van der Waals surface area contributed by atoms with Gasteiger partial charge in [-0.15, -0.1) is 0 Å². The van der Waals surface area contributed by atoms with Gasteiger partial charge in [0.15, 0.2) is 0 Å². The minimum Gasteiger partial charge on any atom is -0.350 e. The lowest BCUT2D eigenvalue weighted by atomic mass is 10.2. The zero-order valence-electron chi connectivity index (χ0n) is 9.82. The lowest BCUT2D eigenvalue weighted by Gasteiger charge is -2.19. The fourth-order valence-electron chi connectivity index (χ4n) is 2.10. The molecule has 92 valence electrons. The first-order chi connectivity index (χ1) is 8.18. The van der Waals surface area contributed by atoms with Crippen LogP contribution in [0.5, 0.6) is 0 Å². The van der Waals surface area contributed by atoms with Crippen molar-refractivity contribution in [2.24, 2.45) is 0 Å². The van der Waals surface area contributed by atoms with Gasteiger partial charge in [0.05, 0.1) is 10.6 Å². The molecule has 1 atom stereocenters. The Hall–Kier alpha value is -1.13.